The van der Waals surface area contributed by atoms with Crippen LogP contribution < -0.4 is 0 Å². The quantitative estimate of drug-likeness (QED) is 0.865. The van der Waals surface area contributed by atoms with Crippen molar-refractivity contribution >= 4 is 11.9 Å². The number of nitrogens with zero attached hydrogens (tertiary/aromatic N) is 1. The molecule has 21 heavy (non-hydrogen) atoms. The van der Waals surface area contributed by atoms with Crippen molar-refractivity contribution in [2.24, 2.45) is 16.7 Å². The Kier molecular flexibility index (Phi) is 4.64. The SMILES string of the molecule is CC(C)CC1(C(=O)N2CCCC(C)(C(=O)O)C2)CCCC1. The van der Waals surface area contributed by atoms with Gasteiger partial charge in [0.1, 0.15) is 0 Å². The van der Waals surface area contributed by atoms with Crippen LogP contribution in [0.25, 0.3) is 0 Å². The largest absolute Gasteiger partial charge is 0.481 e. The highest BCUT2D eigenvalue weighted by Gasteiger charge is 2.47. The topological polar surface area (TPSA) is 57.6 Å². The zero-order chi connectivity index (χ0) is 15.7. The number of carbonyl (C=O) groups is 2. The number of piperidine rings is 1. The Morgan fingerprint density at radius 1 is 1.14 bits per heavy atom. The molecular weight excluding hydrogens is 266 g/mol. The van der Waals surface area contributed by atoms with Gasteiger partial charge in [0.15, 0.2) is 0 Å². The number of hydrogen-bond donors (Lipinski definition) is 1. The Morgan fingerprint density at radius 2 is 1.76 bits per heavy atom. The number of aliphatic carboxylic acids is 1. The molecule has 1 saturated carbocycles. The smallest absolute Gasteiger partial charge is 0.311 e. The van der Waals surface area contributed by atoms with Gasteiger partial charge in [-0.25, -0.2) is 0 Å². The lowest BCUT2D eigenvalue weighted by atomic mass is 9.75. The molecule has 0 aromatic rings. The molecule has 120 valence electrons. The molecule has 2 rings (SSSR count). The van der Waals surface area contributed by atoms with Gasteiger partial charge >= 0.3 is 5.97 Å². The Bertz CT molecular complexity index is 412. The van der Waals surface area contributed by atoms with Gasteiger partial charge in [-0.1, -0.05) is 26.7 Å². The summed E-state index contributed by atoms with van der Waals surface area (Å²) in [6, 6.07) is 0. The first-order valence-electron chi connectivity index (χ1n) is 8.32. The van der Waals surface area contributed by atoms with Crippen molar-refractivity contribution in [2.75, 3.05) is 13.1 Å². The third kappa shape index (κ3) is 3.24. The molecule has 1 N–H and O–H groups in total. The number of carboxylic acid groups (broad SMARTS) is 1. The Balaban J connectivity index is 2.15. The maximum absolute atomic E-state index is 13.1. The summed E-state index contributed by atoms with van der Waals surface area (Å²) < 4.78 is 0. The molecule has 1 atom stereocenters. The van der Waals surface area contributed by atoms with Crippen molar-refractivity contribution in [1.82, 2.24) is 4.90 Å². The Hall–Kier alpha value is -1.06. The van der Waals surface area contributed by atoms with E-state index in [9.17, 15) is 14.7 Å². The lowest BCUT2D eigenvalue weighted by Crippen LogP contribution is -2.52. The van der Waals surface area contributed by atoms with Gasteiger partial charge in [0.25, 0.3) is 0 Å². The maximum Gasteiger partial charge on any atom is 0.311 e. The predicted octanol–water partition coefficient (Wildman–Crippen LogP) is 3.31. The van der Waals surface area contributed by atoms with Crippen molar-refractivity contribution in [3.63, 3.8) is 0 Å². The van der Waals surface area contributed by atoms with Gasteiger partial charge < -0.3 is 10.0 Å². The lowest BCUT2D eigenvalue weighted by molar-refractivity contribution is -0.156. The van der Waals surface area contributed by atoms with Crippen LogP contribution in [0.15, 0.2) is 0 Å². The van der Waals surface area contributed by atoms with Crippen LogP contribution in [0.5, 0.6) is 0 Å². The first-order valence-corrected chi connectivity index (χ1v) is 8.32. The van der Waals surface area contributed by atoms with E-state index in [2.05, 4.69) is 13.8 Å². The molecule has 1 aliphatic carbocycles. The van der Waals surface area contributed by atoms with E-state index in [-0.39, 0.29) is 11.3 Å². The van der Waals surface area contributed by atoms with E-state index < -0.39 is 11.4 Å². The zero-order valence-electron chi connectivity index (χ0n) is 13.7. The summed E-state index contributed by atoms with van der Waals surface area (Å²) in [5.74, 6) is -0.0482. The van der Waals surface area contributed by atoms with Crippen LogP contribution in [0.3, 0.4) is 0 Å². The monoisotopic (exact) mass is 295 g/mol. The second-order valence-electron chi connectivity index (χ2n) is 7.78. The van der Waals surface area contributed by atoms with E-state index in [0.29, 0.717) is 18.9 Å². The van der Waals surface area contributed by atoms with E-state index >= 15 is 0 Å². The van der Waals surface area contributed by atoms with E-state index in [1.807, 2.05) is 4.90 Å². The molecule has 0 bridgehead atoms. The van der Waals surface area contributed by atoms with Crippen molar-refractivity contribution in [3.05, 3.63) is 0 Å². The molecule has 0 aromatic carbocycles. The molecule has 2 fully saturated rings. The molecule has 0 spiro atoms. The molecule has 4 nitrogen and oxygen atoms in total. The number of hydrogen-bond acceptors (Lipinski definition) is 2. The summed E-state index contributed by atoms with van der Waals surface area (Å²) >= 11 is 0. The van der Waals surface area contributed by atoms with E-state index in [4.69, 9.17) is 0 Å². The zero-order valence-corrected chi connectivity index (χ0v) is 13.7. The standard InChI is InChI=1S/C17H29NO3/c1-13(2)11-17(8-4-5-9-17)14(19)18-10-6-7-16(3,12-18)15(20)21/h13H,4-12H2,1-3H3,(H,20,21). The molecule has 1 unspecified atom stereocenters. The predicted molar refractivity (Wildman–Crippen MR) is 81.9 cm³/mol. The number of carbonyl (C=O) groups excluding carboxylic acids is 1. The van der Waals surface area contributed by atoms with Crippen molar-refractivity contribution < 1.29 is 14.7 Å². The van der Waals surface area contributed by atoms with Crippen LogP contribution in [0.4, 0.5) is 0 Å². The van der Waals surface area contributed by atoms with Crippen LogP contribution in [0, 0.1) is 16.7 Å². The number of likely N-dealkylation sites (tertiary alicyclic amines) is 1. The molecule has 1 saturated heterocycles. The van der Waals surface area contributed by atoms with Crippen molar-refractivity contribution in [2.45, 2.75) is 65.7 Å². The van der Waals surface area contributed by atoms with Gasteiger partial charge in [-0.3, -0.25) is 9.59 Å². The first-order chi connectivity index (χ1) is 9.79. The second kappa shape index (κ2) is 5.98. The molecule has 1 heterocycles. The minimum atomic E-state index is -0.774. The summed E-state index contributed by atoms with van der Waals surface area (Å²) in [5.41, 5.74) is -0.990. The Labute approximate surface area is 127 Å². The molecule has 2 aliphatic rings. The molecule has 0 radical (unpaired) electrons. The fraction of sp³-hybridized carbons (Fsp3) is 0.882. The minimum absolute atomic E-state index is 0.217. The maximum atomic E-state index is 13.1. The molecule has 4 heteroatoms. The van der Waals surface area contributed by atoms with E-state index in [0.717, 1.165) is 45.1 Å². The highest BCUT2D eigenvalue weighted by atomic mass is 16.4. The summed E-state index contributed by atoms with van der Waals surface area (Å²) in [4.78, 5) is 26.4. The fourth-order valence-corrected chi connectivity index (χ4v) is 4.26. The molecule has 1 amide bonds. The molecule has 1 aliphatic heterocycles. The van der Waals surface area contributed by atoms with Crippen LogP contribution in [-0.4, -0.2) is 35.0 Å². The van der Waals surface area contributed by atoms with Gasteiger partial charge in [0.05, 0.1) is 5.41 Å². The first kappa shape index (κ1) is 16.3. The van der Waals surface area contributed by atoms with Crippen LogP contribution in [-0.2, 0) is 9.59 Å². The van der Waals surface area contributed by atoms with Gasteiger partial charge in [0, 0.05) is 18.5 Å². The Morgan fingerprint density at radius 3 is 2.29 bits per heavy atom. The highest BCUT2D eigenvalue weighted by Crippen LogP contribution is 2.45. The van der Waals surface area contributed by atoms with Crippen LogP contribution in [0.1, 0.15) is 65.7 Å². The van der Waals surface area contributed by atoms with Gasteiger partial charge in [-0.15, -0.1) is 0 Å². The lowest BCUT2D eigenvalue weighted by Gasteiger charge is -2.42. The van der Waals surface area contributed by atoms with E-state index in [1.54, 1.807) is 6.92 Å². The number of amides is 1. The summed E-state index contributed by atoms with van der Waals surface area (Å²) in [6.07, 6.45) is 6.61. The van der Waals surface area contributed by atoms with Crippen molar-refractivity contribution in [3.8, 4) is 0 Å². The van der Waals surface area contributed by atoms with Crippen LogP contribution >= 0.6 is 0 Å². The minimum Gasteiger partial charge on any atom is -0.481 e. The second-order valence-corrected chi connectivity index (χ2v) is 7.78. The number of rotatable bonds is 4. The summed E-state index contributed by atoms with van der Waals surface area (Å²) in [5, 5.41) is 9.43. The van der Waals surface area contributed by atoms with Gasteiger partial charge in [-0.2, -0.15) is 0 Å². The van der Waals surface area contributed by atoms with E-state index in [1.165, 1.54) is 0 Å². The average molecular weight is 295 g/mol. The van der Waals surface area contributed by atoms with Crippen LogP contribution in [0.2, 0.25) is 0 Å². The average Bonchev–Trinajstić information content (AvgIpc) is 2.86. The van der Waals surface area contributed by atoms with Gasteiger partial charge in [-0.05, 0) is 44.9 Å². The fourth-order valence-electron chi connectivity index (χ4n) is 4.26. The van der Waals surface area contributed by atoms with Crippen molar-refractivity contribution in [1.29, 1.82) is 0 Å². The third-order valence-corrected chi connectivity index (χ3v) is 5.31. The highest BCUT2D eigenvalue weighted by molar-refractivity contribution is 5.84. The third-order valence-electron chi connectivity index (χ3n) is 5.31. The number of carboxylic acids is 1. The summed E-state index contributed by atoms with van der Waals surface area (Å²) in [7, 11) is 0. The van der Waals surface area contributed by atoms with Gasteiger partial charge in [0.2, 0.25) is 5.91 Å². The normalized spacial score (nSPS) is 28.9. The molecular formula is C17H29NO3. The summed E-state index contributed by atoms with van der Waals surface area (Å²) in [6.45, 7) is 7.22. The molecule has 0 aromatic heterocycles.